The van der Waals surface area contributed by atoms with Crippen LogP contribution in [0.1, 0.15) is 20.8 Å². The molecule has 6 heteroatoms. The van der Waals surface area contributed by atoms with Crippen LogP contribution in [0.2, 0.25) is 0 Å². The Bertz CT molecular complexity index is 449. The molecule has 0 atom stereocenters. The minimum Gasteiger partial charge on any atom is -0.505 e. The van der Waals surface area contributed by atoms with Gasteiger partial charge in [-0.05, 0) is 0 Å². The van der Waals surface area contributed by atoms with Crippen molar-refractivity contribution in [1.29, 1.82) is 0 Å². The second-order valence-electron chi connectivity index (χ2n) is 3.47. The van der Waals surface area contributed by atoms with E-state index in [9.17, 15) is 14.7 Å². The number of aromatic hydroxyl groups is 1. The fourth-order valence-electron chi connectivity index (χ4n) is 1.64. The number of rotatable bonds is 1. The molecule has 0 radical (unpaired) electrons. The van der Waals surface area contributed by atoms with Crippen LogP contribution < -0.4 is 0 Å². The maximum Gasteiger partial charge on any atom is 0.341 e. The first-order valence-electron chi connectivity index (χ1n) is 4.43. The van der Waals surface area contributed by atoms with Crippen molar-refractivity contribution in [2.45, 2.75) is 6.54 Å². The SMILES string of the molecule is CN1CCn2cc(C(=O)O)c(O)c2C1=O. The fourth-order valence-corrected chi connectivity index (χ4v) is 1.64. The highest BCUT2D eigenvalue weighted by Gasteiger charge is 2.29. The molecule has 0 saturated carbocycles. The summed E-state index contributed by atoms with van der Waals surface area (Å²) in [5, 5.41) is 18.4. The van der Waals surface area contributed by atoms with E-state index in [1.807, 2.05) is 0 Å². The highest BCUT2D eigenvalue weighted by molar-refractivity contribution is 6.01. The van der Waals surface area contributed by atoms with Gasteiger partial charge in [-0.25, -0.2) is 4.79 Å². The van der Waals surface area contributed by atoms with E-state index in [1.54, 1.807) is 7.05 Å². The molecule has 6 nitrogen and oxygen atoms in total. The standard InChI is InChI=1S/C9H10N2O4/c1-10-2-3-11-4-5(9(14)15)7(12)6(11)8(10)13/h4,12H,2-3H2,1H3,(H,14,15). The van der Waals surface area contributed by atoms with Gasteiger partial charge in [0.25, 0.3) is 5.91 Å². The Hall–Kier alpha value is -1.98. The number of fused-ring (bicyclic) bond motifs is 1. The molecule has 1 aromatic rings. The van der Waals surface area contributed by atoms with Crippen LogP contribution in [0.4, 0.5) is 0 Å². The zero-order valence-electron chi connectivity index (χ0n) is 8.10. The monoisotopic (exact) mass is 210 g/mol. The maximum atomic E-state index is 11.6. The van der Waals surface area contributed by atoms with Crippen molar-refractivity contribution in [3.05, 3.63) is 17.5 Å². The summed E-state index contributed by atoms with van der Waals surface area (Å²) in [6.07, 6.45) is 1.29. The lowest BCUT2D eigenvalue weighted by molar-refractivity contribution is 0.0693. The maximum absolute atomic E-state index is 11.6. The van der Waals surface area contributed by atoms with Crippen molar-refractivity contribution < 1.29 is 19.8 Å². The summed E-state index contributed by atoms with van der Waals surface area (Å²) in [6.45, 7) is 1.01. The number of carbonyl (C=O) groups excluding carboxylic acids is 1. The molecule has 1 amide bonds. The van der Waals surface area contributed by atoms with Crippen molar-refractivity contribution in [2.24, 2.45) is 0 Å². The van der Waals surface area contributed by atoms with E-state index in [-0.39, 0.29) is 17.2 Å². The molecule has 1 aliphatic rings. The first kappa shape index (κ1) is 9.57. The van der Waals surface area contributed by atoms with Crippen LogP contribution in [0.25, 0.3) is 0 Å². The fraction of sp³-hybridized carbons (Fsp3) is 0.333. The average Bonchev–Trinajstić information content (AvgIpc) is 2.50. The molecule has 0 aliphatic carbocycles. The Morgan fingerprint density at radius 2 is 2.13 bits per heavy atom. The van der Waals surface area contributed by atoms with Crippen molar-refractivity contribution >= 4 is 11.9 Å². The van der Waals surface area contributed by atoms with E-state index in [0.717, 1.165) is 0 Å². The van der Waals surface area contributed by atoms with E-state index in [2.05, 4.69) is 0 Å². The molecule has 0 bridgehead atoms. The summed E-state index contributed by atoms with van der Waals surface area (Å²) in [5.74, 6) is -2.03. The smallest absolute Gasteiger partial charge is 0.341 e. The van der Waals surface area contributed by atoms with Crippen LogP contribution >= 0.6 is 0 Å². The Kier molecular flexibility index (Phi) is 1.92. The van der Waals surface area contributed by atoms with E-state index in [0.29, 0.717) is 13.1 Å². The Morgan fingerprint density at radius 1 is 1.47 bits per heavy atom. The minimum absolute atomic E-state index is 0.0566. The van der Waals surface area contributed by atoms with Gasteiger partial charge in [0.05, 0.1) is 0 Å². The van der Waals surface area contributed by atoms with Gasteiger partial charge in [0.1, 0.15) is 5.56 Å². The quantitative estimate of drug-likeness (QED) is 0.682. The van der Waals surface area contributed by atoms with E-state index >= 15 is 0 Å². The van der Waals surface area contributed by atoms with Gasteiger partial charge >= 0.3 is 5.97 Å². The predicted octanol–water partition coefficient (Wildman–Crippen LogP) is -0.0225. The summed E-state index contributed by atoms with van der Waals surface area (Å²) in [5.41, 5.74) is -0.171. The third kappa shape index (κ3) is 1.25. The zero-order chi connectivity index (χ0) is 11.2. The molecule has 15 heavy (non-hydrogen) atoms. The molecule has 0 spiro atoms. The molecule has 80 valence electrons. The molecule has 2 heterocycles. The number of carbonyl (C=O) groups is 2. The van der Waals surface area contributed by atoms with Crippen molar-refractivity contribution in [2.75, 3.05) is 13.6 Å². The number of likely N-dealkylation sites (N-methyl/N-ethyl adjacent to an activating group) is 1. The van der Waals surface area contributed by atoms with Gasteiger partial charge in [0.2, 0.25) is 0 Å². The van der Waals surface area contributed by atoms with Crippen LogP contribution in [0.15, 0.2) is 6.20 Å². The first-order valence-corrected chi connectivity index (χ1v) is 4.43. The van der Waals surface area contributed by atoms with Crippen molar-refractivity contribution in [1.82, 2.24) is 9.47 Å². The molecule has 0 unspecified atom stereocenters. The highest BCUT2D eigenvalue weighted by atomic mass is 16.4. The second-order valence-corrected chi connectivity index (χ2v) is 3.47. The molecule has 0 aromatic carbocycles. The lowest BCUT2D eigenvalue weighted by atomic mass is 10.2. The summed E-state index contributed by atoms with van der Waals surface area (Å²) in [6, 6.07) is 0. The molecule has 0 saturated heterocycles. The molecule has 1 aromatic heterocycles. The van der Waals surface area contributed by atoms with Gasteiger partial charge in [-0.15, -0.1) is 0 Å². The number of carboxylic acid groups (broad SMARTS) is 1. The average molecular weight is 210 g/mol. The van der Waals surface area contributed by atoms with Crippen LogP contribution in [-0.2, 0) is 6.54 Å². The predicted molar refractivity (Wildman–Crippen MR) is 50.0 cm³/mol. The molecule has 0 fully saturated rings. The van der Waals surface area contributed by atoms with Crippen molar-refractivity contribution in [3.8, 4) is 5.75 Å². The lowest BCUT2D eigenvalue weighted by Crippen LogP contribution is -2.36. The number of nitrogens with zero attached hydrogens (tertiary/aromatic N) is 2. The Labute approximate surface area is 85.3 Å². The highest BCUT2D eigenvalue weighted by Crippen LogP contribution is 2.28. The summed E-state index contributed by atoms with van der Waals surface area (Å²) >= 11 is 0. The van der Waals surface area contributed by atoms with E-state index < -0.39 is 11.7 Å². The van der Waals surface area contributed by atoms with Gasteiger partial charge in [0.15, 0.2) is 11.4 Å². The molecular formula is C9H10N2O4. The van der Waals surface area contributed by atoms with Gasteiger partial charge in [0, 0.05) is 26.3 Å². The third-order valence-corrected chi connectivity index (χ3v) is 2.51. The van der Waals surface area contributed by atoms with Gasteiger partial charge in [-0.1, -0.05) is 0 Å². The van der Waals surface area contributed by atoms with Crippen molar-refractivity contribution in [3.63, 3.8) is 0 Å². The normalized spacial score (nSPS) is 15.3. The van der Waals surface area contributed by atoms with Gasteiger partial charge in [-0.2, -0.15) is 0 Å². The third-order valence-electron chi connectivity index (χ3n) is 2.51. The van der Waals surface area contributed by atoms with Crippen LogP contribution in [0, 0.1) is 0 Å². The molecule has 1 aliphatic heterocycles. The molecule has 2 rings (SSSR count). The van der Waals surface area contributed by atoms with Crippen LogP contribution in [0.5, 0.6) is 5.75 Å². The minimum atomic E-state index is -1.23. The van der Waals surface area contributed by atoms with Crippen LogP contribution in [-0.4, -0.2) is 45.1 Å². The molecule has 2 N–H and O–H groups in total. The lowest BCUT2D eigenvalue weighted by Gasteiger charge is -2.24. The summed E-state index contributed by atoms with van der Waals surface area (Å²) < 4.78 is 1.47. The van der Waals surface area contributed by atoms with Gasteiger partial charge < -0.3 is 19.7 Å². The Morgan fingerprint density at radius 3 is 2.73 bits per heavy atom. The van der Waals surface area contributed by atoms with E-state index in [1.165, 1.54) is 15.7 Å². The topological polar surface area (TPSA) is 82.8 Å². The molecular weight excluding hydrogens is 200 g/mol. The largest absolute Gasteiger partial charge is 0.505 e. The number of hydrogen-bond donors (Lipinski definition) is 2. The summed E-state index contributed by atoms with van der Waals surface area (Å²) in [7, 11) is 1.61. The second kappa shape index (κ2) is 3.01. The Balaban J connectivity index is 2.59. The number of aromatic carboxylic acids is 1. The van der Waals surface area contributed by atoms with E-state index in [4.69, 9.17) is 5.11 Å². The number of carboxylic acids is 1. The number of amides is 1. The van der Waals surface area contributed by atoms with Crippen LogP contribution in [0.3, 0.4) is 0 Å². The van der Waals surface area contributed by atoms with Gasteiger partial charge in [-0.3, -0.25) is 4.79 Å². The first-order chi connectivity index (χ1) is 7.02. The number of hydrogen-bond acceptors (Lipinski definition) is 3. The number of aromatic nitrogens is 1. The zero-order valence-corrected chi connectivity index (χ0v) is 8.10. The summed E-state index contributed by atoms with van der Waals surface area (Å²) in [4.78, 5) is 23.8.